The molecule has 1 aromatic carbocycles. The quantitative estimate of drug-likeness (QED) is 0.878. The summed E-state index contributed by atoms with van der Waals surface area (Å²) in [5.41, 5.74) is 0.490. The first kappa shape index (κ1) is 14.3. The molecule has 2 aromatic rings. The van der Waals surface area contributed by atoms with Gasteiger partial charge in [0.1, 0.15) is 0 Å². The number of esters is 1. The van der Waals surface area contributed by atoms with Gasteiger partial charge in [0, 0.05) is 23.1 Å². The van der Waals surface area contributed by atoms with E-state index in [2.05, 4.69) is 10.3 Å². The molecule has 104 valence electrons. The van der Waals surface area contributed by atoms with Crippen LogP contribution in [0, 0.1) is 0 Å². The van der Waals surface area contributed by atoms with E-state index < -0.39 is 5.54 Å². The van der Waals surface area contributed by atoms with E-state index >= 15 is 0 Å². The first-order valence-corrected chi connectivity index (χ1v) is 6.47. The highest BCUT2D eigenvalue weighted by molar-refractivity contribution is 6.30. The molecule has 0 aliphatic rings. The van der Waals surface area contributed by atoms with Crippen molar-refractivity contribution < 1.29 is 9.53 Å². The topological polar surface area (TPSA) is 51.2 Å². The minimum absolute atomic E-state index is 0.385. The molecule has 0 aliphatic heterocycles. The van der Waals surface area contributed by atoms with Gasteiger partial charge in [0.25, 0.3) is 0 Å². The largest absolute Gasteiger partial charge is 0.467 e. The smallest absolute Gasteiger partial charge is 0.335 e. The number of ether oxygens (including phenoxy) is 1. The van der Waals surface area contributed by atoms with Gasteiger partial charge in [0.2, 0.25) is 0 Å². The number of halogens is 1. The molecule has 20 heavy (non-hydrogen) atoms. The first-order valence-electron chi connectivity index (χ1n) is 6.09. The van der Waals surface area contributed by atoms with Crippen molar-refractivity contribution in [1.82, 2.24) is 4.98 Å². The zero-order valence-corrected chi connectivity index (χ0v) is 12.0. The van der Waals surface area contributed by atoms with Gasteiger partial charge in [-0.3, -0.25) is 4.98 Å². The molecule has 1 aromatic heterocycles. The third-order valence-electron chi connectivity index (χ3n) is 3.07. The fraction of sp³-hybridized carbons (Fsp3) is 0.200. The maximum absolute atomic E-state index is 12.2. The SMILES string of the molecule is COC(=O)C(C)(Nc1cccc(Cl)c1)c1ccncc1. The number of methoxy groups -OCH3 is 1. The van der Waals surface area contributed by atoms with E-state index in [9.17, 15) is 4.79 Å². The summed E-state index contributed by atoms with van der Waals surface area (Å²) in [7, 11) is 1.36. The van der Waals surface area contributed by atoms with Crippen LogP contribution in [0.2, 0.25) is 5.02 Å². The van der Waals surface area contributed by atoms with E-state index in [1.165, 1.54) is 7.11 Å². The normalized spacial score (nSPS) is 13.3. The third-order valence-corrected chi connectivity index (χ3v) is 3.31. The van der Waals surface area contributed by atoms with Crippen LogP contribution in [-0.2, 0) is 15.1 Å². The van der Waals surface area contributed by atoms with E-state index in [1.54, 1.807) is 43.6 Å². The van der Waals surface area contributed by atoms with E-state index in [0.29, 0.717) is 5.02 Å². The Morgan fingerprint density at radius 2 is 2.00 bits per heavy atom. The van der Waals surface area contributed by atoms with E-state index in [-0.39, 0.29) is 5.97 Å². The number of aromatic nitrogens is 1. The Morgan fingerprint density at radius 3 is 2.60 bits per heavy atom. The lowest BCUT2D eigenvalue weighted by Crippen LogP contribution is -2.41. The summed E-state index contributed by atoms with van der Waals surface area (Å²) in [5.74, 6) is -0.385. The molecular formula is C15H15ClN2O2. The fourth-order valence-corrected chi connectivity index (χ4v) is 2.18. The van der Waals surface area contributed by atoms with Crippen LogP contribution in [-0.4, -0.2) is 18.1 Å². The fourth-order valence-electron chi connectivity index (χ4n) is 1.99. The molecule has 1 heterocycles. The van der Waals surface area contributed by atoms with E-state index in [1.807, 2.05) is 12.1 Å². The predicted octanol–water partition coefficient (Wildman–Crippen LogP) is 3.24. The Bertz CT molecular complexity index is 604. The number of carbonyl (C=O) groups is 1. The van der Waals surface area contributed by atoms with Gasteiger partial charge in [-0.05, 0) is 42.8 Å². The number of carbonyl (C=O) groups excluding carboxylic acids is 1. The van der Waals surface area contributed by atoms with Gasteiger partial charge < -0.3 is 10.1 Å². The average Bonchev–Trinajstić information content (AvgIpc) is 2.47. The standard InChI is InChI=1S/C15H15ClN2O2/c1-15(14(19)20-2,11-6-8-17-9-7-11)18-13-5-3-4-12(16)10-13/h3-10,18H,1-2H3. The van der Waals surface area contributed by atoms with Gasteiger partial charge in [-0.1, -0.05) is 17.7 Å². The summed E-state index contributed by atoms with van der Waals surface area (Å²) < 4.78 is 4.92. The maximum atomic E-state index is 12.2. The summed E-state index contributed by atoms with van der Waals surface area (Å²) in [6.07, 6.45) is 3.27. The van der Waals surface area contributed by atoms with Crippen LogP contribution < -0.4 is 5.32 Å². The molecule has 0 spiro atoms. The number of pyridine rings is 1. The Morgan fingerprint density at radius 1 is 1.30 bits per heavy atom. The number of nitrogens with zero attached hydrogens (tertiary/aromatic N) is 1. The summed E-state index contributed by atoms with van der Waals surface area (Å²) in [5, 5.41) is 3.77. The minimum Gasteiger partial charge on any atom is -0.467 e. The zero-order valence-electron chi connectivity index (χ0n) is 11.3. The number of benzene rings is 1. The predicted molar refractivity (Wildman–Crippen MR) is 78.7 cm³/mol. The van der Waals surface area contributed by atoms with Gasteiger partial charge in [-0.2, -0.15) is 0 Å². The second-order valence-electron chi connectivity index (χ2n) is 4.49. The summed E-state index contributed by atoms with van der Waals surface area (Å²) in [6, 6.07) is 10.7. The highest BCUT2D eigenvalue weighted by atomic mass is 35.5. The summed E-state index contributed by atoms with van der Waals surface area (Å²) >= 11 is 5.97. The number of hydrogen-bond acceptors (Lipinski definition) is 4. The number of rotatable bonds is 4. The van der Waals surface area contributed by atoms with Crippen LogP contribution in [0.4, 0.5) is 5.69 Å². The molecule has 0 amide bonds. The van der Waals surface area contributed by atoms with Crippen molar-refractivity contribution in [2.24, 2.45) is 0 Å². The van der Waals surface area contributed by atoms with Crippen LogP contribution in [0.15, 0.2) is 48.8 Å². The van der Waals surface area contributed by atoms with Crippen molar-refractivity contribution >= 4 is 23.3 Å². The van der Waals surface area contributed by atoms with Crippen molar-refractivity contribution in [3.8, 4) is 0 Å². The third kappa shape index (κ3) is 2.91. The van der Waals surface area contributed by atoms with Crippen LogP contribution >= 0.6 is 11.6 Å². The minimum atomic E-state index is -1.01. The van der Waals surface area contributed by atoms with Gasteiger partial charge in [0.05, 0.1) is 7.11 Å². The number of nitrogens with one attached hydrogen (secondary N) is 1. The Kier molecular flexibility index (Phi) is 4.25. The monoisotopic (exact) mass is 290 g/mol. The van der Waals surface area contributed by atoms with Crippen LogP contribution in [0.5, 0.6) is 0 Å². The molecule has 0 saturated carbocycles. The highest BCUT2D eigenvalue weighted by Gasteiger charge is 2.36. The van der Waals surface area contributed by atoms with Crippen LogP contribution in [0.25, 0.3) is 0 Å². The molecule has 0 fully saturated rings. The lowest BCUT2D eigenvalue weighted by molar-refractivity contribution is -0.145. The van der Waals surface area contributed by atoms with Crippen LogP contribution in [0.1, 0.15) is 12.5 Å². The van der Waals surface area contributed by atoms with Gasteiger partial charge in [-0.25, -0.2) is 4.79 Å². The Labute approximate surface area is 122 Å². The number of hydrogen-bond donors (Lipinski definition) is 1. The second-order valence-corrected chi connectivity index (χ2v) is 4.92. The molecule has 0 saturated heterocycles. The molecule has 2 rings (SSSR count). The molecule has 0 aliphatic carbocycles. The van der Waals surface area contributed by atoms with Crippen molar-refractivity contribution in [2.75, 3.05) is 12.4 Å². The Balaban J connectivity index is 2.41. The second kappa shape index (κ2) is 5.92. The molecule has 1 atom stereocenters. The molecule has 1 unspecified atom stereocenters. The van der Waals surface area contributed by atoms with Gasteiger partial charge >= 0.3 is 5.97 Å². The van der Waals surface area contributed by atoms with E-state index in [4.69, 9.17) is 16.3 Å². The molecule has 0 bridgehead atoms. The lowest BCUT2D eigenvalue weighted by Gasteiger charge is -2.29. The molecule has 4 nitrogen and oxygen atoms in total. The number of anilines is 1. The molecular weight excluding hydrogens is 276 g/mol. The van der Waals surface area contributed by atoms with Crippen molar-refractivity contribution in [1.29, 1.82) is 0 Å². The zero-order chi connectivity index (χ0) is 14.6. The van der Waals surface area contributed by atoms with Crippen molar-refractivity contribution in [3.05, 3.63) is 59.4 Å². The van der Waals surface area contributed by atoms with Gasteiger partial charge in [0.15, 0.2) is 5.54 Å². The van der Waals surface area contributed by atoms with E-state index in [0.717, 1.165) is 11.3 Å². The average molecular weight is 291 g/mol. The highest BCUT2D eigenvalue weighted by Crippen LogP contribution is 2.28. The molecule has 5 heteroatoms. The van der Waals surface area contributed by atoms with Crippen molar-refractivity contribution in [2.45, 2.75) is 12.5 Å². The van der Waals surface area contributed by atoms with Gasteiger partial charge in [-0.15, -0.1) is 0 Å². The lowest BCUT2D eigenvalue weighted by atomic mass is 9.92. The Hall–Kier alpha value is -2.07. The molecule has 1 N–H and O–H groups in total. The summed E-state index contributed by atoms with van der Waals surface area (Å²) in [6.45, 7) is 1.76. The van der Waals surface area contributed by atoms with Crippen molar-refractivity contribution in [3.63, 3.8) is 0 Å². The summed E-state index contributed by atoms with van der Waals surface area (Å²) in [4.78, 5) is 16.1. The molecule has 0 radical (unpaired) electrons. The first-order chi connectivity index (χ1) is 9.56. The van der Waals surface area contributed by atoms with Crippen LogP contribution in [0.3, 0.4) is 0 Å². The maximum Gasteiger partial charge on any atom is 0.335 e.